The Labute approximate surface area is 195 Å². The van der Waals surface area contributed by atoms with Gasteiger partial charge in [-0.05, 0) is 59.9 Å². The Balaban J connectivity index is 1.66. The number of benzene rings is 3. The Hall–Kier alpha value is -4.13. The lowest BCUT2D eigenvalue weighted by molar-refractivity contribution is -0.141. The van der Waals surface area contributed by atoms with E-state index in [9.17, 15) is 20.0 Å². The first-order valence-corrected chi connectivity index (χ1v) is 10.7. The fourth-order valence-electron chi connectivity index (χ4n) is 4.26. The monoisotopic (exact) mass is 455 g/mol. The molecule has 0 aromatic heterocycles. The van der Waals surface area contributed by atoms with E-state index in [2.05, 4.69) is 0 Å². The summed E-state index contributed by atoms with van der Waals surface area (Å²) in [5.74, 6) is -1.43. The molecule has 1 aliphatic rings. The molecule has 3 aromatic carbocycles. The van der Waals surface area contributed by atoms with Crippen molar-refractivity contribution in [3.05, 3.63) is 94.0 Å². The molecule has 0 radical (unpaired) electrons. The Morgan fingerprint density at radius 1 is 0.909 bits per heavy atom. The van der Waals surface area contributed by atoms with Crippen LogP contribution in [0.2, 0.25) is 5.02 Å². The van der Waals surface area contributed by atoms with E-state index in [0.717, 1.165) is 16.7 Å². The zero-order chi connectivity index (χ0) is 23.5. The largest absolute Gasteiger partial charge is 0.480 e. The van der Waals surface area contributed by atoms with Gasteiger partial charge in [0.1, 0.15) is 18.2 Å². The van der Waals surface area contributed by atoms with Gasteiger partial charge in [0.25, 0.3) is 5.91 Å². The maximum Gasteiger partial charge on any atom is 0.326 e. The second-order valence-electron chi connectivity index (χ2n) is 7.74. The summed E-state index contributed by atoms with van der Waals surface area (Å²) in [5, 5.41) is 28.6. The van der Waals surface area contributed by atoms with Crippen LogP contribution < -0.4 is 0 Å². The molecule has 3 aromatic rings. The second kappa shape index (κ2) is 9.16. The molecule has 7 heteroatoms. The summed E-state index contributed by atoms with van der Waals surface area (Å²) in [5.41, 5.74) is 3.17. The van der Waals surface area contributed by atoms with Crippen LogP contribution in [0.1, 0.15) is 45.9 Å². The number of rotatable bonds is 4. The van der Waals surface area contributed by atoms with Crippen LogP contribution in [0.25, 0.3) is 11.1 Å². The minimum atomic E-state index is -1.05. The highest BCUT2D eigenvalue weighted by molar-refractivity contribution is 6.31. The first-order chi connectivity index (χ1) is 15.9. The zero-order valence-electron chi connectivity index (χ0n) is 17.4. The Morgan fingerprint density at radius 3 is 2.21 bits per heavy atom. The summed E-state index contributed by atoms with van der Waals surface area (Å²) in [4.78, 5) is 26.7. The van der Waals surface area contributed by atoms with E-state index in [1.54, 1.807) is 54.6 Å². The minimum absolute atomic E-state index is 0.277. The van der Waals surface area contributed by atoms with Gasteiger partial charge in [0, 0.05) is 10.6 Å². The van der Waals surface area contributed by atoms with E-state index in [1.165, 1.54) is 4.90 Å². The molecule has 1 amide bonds. The van der Waals surface area contributed by atoms with Crippen LogP contribution in [-0.4, -0.2) is 27.9 Å². The van der Waals surface area contributed by atoms with Crippen LogP contribution in [0.4, 0.5) is 0 Å². The molecule has 1 aliphatic heterocycles. The van der Waals surface area contributed by atoms with Crippen molar-refractivity contribution in [2.24, 2.45) is 0 Å². The molecule has 33 heavy (non-hydrogen) atoms. The van der Waals surface area contributed by atoms with Gasteiger partial charge in [-0.15, -0.1) is 0 Å². The SMILES string of the molecule is N#Cc1ccc(-c2ccc(C(=O)N3[C@@H](c4ccccc4Cl)CC[C@H]3C(=O)O)cc2)cc1C#N. The number of likely N-dealkylation sites (tertiary alicyclic amines) is 1. The lowest BCUT2D eigenvalue weighted by Gasteiger charge is -2.29. The van der Waals surface area contributed by atoms with Gasteiger partial charge in [-0.1, -0.05) is 48.0 Å². The molecule has 1 N–H and O–H groups in total. The molecule has 6 nitrogen and oxygen atoms in total. The van der Waals surface area contributed by atoms with Crippen LogP contribution in [-0.2, 0) is 4.79 Å². The highest BCUT2D eigenvalue weighted by Crippen LogP contribution is 2.40. The van der Waals surface area contributed by atoms with Crippen LogP contribution in [0.3, 0.4) is 0 Å². The highest BCUT2D eigenvalue weighted by Gasteiger charge is 2.42. The summed E-state index contributed by atoms with van der Waals surface area (Å²) >= 11 is 6.35. The number of carbonyl (C=O) groups excluding carboxylic acids is 1. The van der Waals surface area contributed by atoms with Crippen LogP contribution in [0.5, 0.6) is 0 Å². The third-order valence-corrected chi connectivity index (χ3v) is 6.24. The van der Waals surface area contributed by atoms with E-state index in [-0.39, 0.29) is 11.5 Å². The average molecular weight is 456 g/mol. The van der Waals surface area contributed by atoms with Gasteiger partial charge in [0.05, 0.1) is 17.2 Å². The maximum absolute atomic E-state index is 13.4. The number of halogens is 1. The third kappa shape index (κ3) is 4.17. The number of carboxylic acids is 1. The van der Waals surface area contributed by atoms with Gasteiger partial charge in [-0.25, -0.2) is 4.79 Å². The average Bonchev–Trinajstić information content (AvgIpc) is 3.29. The molecule has 2 atom stereocenters. The summed E-state index contributed by atoms with van der Waals surface area (Å²) in [6, 6.07) is 21.5. The van der Waals surface area contributed by atoms with Crippen molar-refractivity contribution in [3.63, 3.8) is 0 Å². The number of aliphatic carboxylic acids is 1. The maximum atomic E-state index is 13.4. The molecular weight excluding hydrogens is 438 g/mol. The summed E-state index contributed by atoms with van der Waals surface area (Å²) < 4.78 is 0. The number of nitriles is 2. The summed E-state index contributed by atoms with van der Waals surface area (Å²) in [7, 11) is 0. The predicted octanol–water partition coefficient (Wildman–Crippen LogP) is 5.18. The van der Waals surface area contributed by atoms with Crippen molar-refractivity contribution in [1.82, 2.24) is 4.90 Å². The molecule has 0 unspecified atom stereocenters. The minimum Gasteiger partial charge on any atom is -0.480 e. The van der Waals surface area contributed by atoms with Crippen molar-refractivity contribution in [3.8, 4) is 23.3 Å². The van der Waals surface area contributed by atoms with Gasteiger partial charge < -0.3 is 10.0 Å². The van der Waals surface area contributed by atoms with Gasteiger partial charge in [-0.2, -0.15) is 10.5 Å². The Bertz CT molecular complexity index is 1320. The van der Waals surface area contributed by atoms with E-state index in [0.29, 0.717) is 29.0 Å². The lowest BCUT2D eigenvalue weighted by atomic mass is 9.98. The number of amides is 1. The lowest BCUT2D eigenvalue weighted by Crippen LogP contribution is -2.41. The normalized spacial score (nSPS) is 17.2. The zero-order valence-corrected chi connectivity index (χ0v) is 18.2. The molecule has 1 heterocycles. The number of carboxylic acid groups (broad SMARTS) is 1. The fraction of sp³-hybridized carbons (Fsp3) is 0.154. The molecular formula is C26H18ClN3O3. The molecule has 162 valence electrons. The van der Waals surface area contributed by atoms with Crippen molar-refractivity contribution >= 4 is 23.5 Å². The van der Waals surface area contributed by atoms with Crippen LogP contribution in [0, 0.1) is 22.7 Å². The van der Waals surface area contributed by atoms with E-state index in [4.69, 9.17) is 16.9 Å². The van der Waals surface area contributed by atoms with Crippen molar-refractivity contribution in [1.29, 1.82) is 10.5 Å². The molecule has 0 bridgehead atoms. The van der Waals surface area contributed by atoms with Gasteiger partial charge in [0.2, 0.25) is 0 Å². The fourth-order valence-corrected chi connectivity index (χ4v) is 4.52. The van der Waals surface area contributed by atoms with E-state index in [1.807, 2.05) is 24.3 Å². The summed E-state index contributed by atoms with van der Waals surface area (Å²) in [6.45, 7) is 0. The Kier molecular flexibility index (Phi) is 6.13. The number of nitrogens with zero attached hydrogens (tertiary/aromatic N) is 3. The number of carbonyl (C=O) groups is 2. The Morgan fingerprint density at radius 2 is 1.58 bits per heavy atom. The third-order valence-electron chi connectivity index (χ3n) is 5.89. The number of hydrogen-bond donors (Lipinski definition) is 1. The smallest absolute Gasteiger partial charge is 0.326 e. The topological polar surface area (TPSA) is 105 Å². The van der Waals surface area contributed by atoms with Crippen LogP contribution in [0.15, 0.2) is 66.7 Å². The molecule has 0 saturated carbocycles. The molecule has 0 aliphatic carbocycles. The van der Waals surface area contributed by atoms with Gasteiger partial charge in [-0.3, -0.25) is 4.79 Å². The van der Waals surface area contributed by atoms with E-state index < -0.39 is 18.1 Å². The second-order valence-corrected chi connectivity index (χ2v) is 8.15. The molecule has 1 saturated heterocycles. The molecule has 4 rings (SSSR count). The standard InChI is InChI=1S/C26H18ClN3O3/c27-22-4-2-1-3-21(22)23-11-12-24(26(32)33)30(23)25(31)17-7-5-16(6-8-17)18-9-10-19(14-28)20(13-18)15-29/h1-10,13,23-24H,11-12H2,(H,32,33)/t23-,24+/m1/s1. The first-order valence-electron chi connectivity index (χ1n) is 10.3. The molecule has 1 fully saturated rings. The predicted molar refractivity (Wildman–Crippen MR) is 122 cm³/mol. The van der Waals surface area contributed by atoms with E-state index >= 15 is 0 Å². The number of hydrogen-bond acceptors (Lipinski definition) is 4. The summed E-state index contributed by atoms with van der Waals surface area (Å²) in [6.07, 6.45) is 0.851. The van der Waals surface area contributed by atoms with Crippen molar-refractivity contribution < 1.29 is 14.7 Å². The van der Waals surface area contributed by atoms with Crippen molar-refractivity contribution in [2.45, 2.75) is 24.9 Å². The van der Waals surface area contributed by atoms with Gasteiger partial charge >= 0.3 is 5.97 Å². The molecule has 0 spiro atoms. The van der Waals surface area contributed by atoms with Gasteiger partial charge in [0.15, 0.2) is 0 Å². The van der Waals surface area contributed by atoms with Crippen molar-refractivity contribution in [2.75, 3.05) is 0 Å². The highest BCUT2D eigenvalue weighted by atomic mass is 35.5. The van der Waals surface area contributed by atoms with Crippen LogP contribution >= 0.6 is 11.6 Å². The quantitative estimate of drug-likeness (QED) is 0.583. The first kappa shape index (κ1) is 22.1.